The van der Waals surface area contributed by atoms with Crippen molar-refractivity contribution in [3.8, 4) is 5.75 Å². The normalized spacial score (nSPS) is 17.7. The highest BCUT2D eigenvalue weighted by Gasteiger charge is 2.29. The molecule has 1 atom stereocenters. The van der Waals surface area contributed by atoms with E-state index >= 15 is 0 Å². The summed E-state index contributed by atoms with van der Waals surface area (Å²) in [6.45, 7) is 5.94. The van der Waals surface area contributed by atoms with Crippen molar-refractivity contribution in [1.29, 1.82) is 0 Å². The maximum atomic E-state index is 11.6. The molecule has 2 heterocycles. The Labute approximate surface area is 173 Å². The molecule has 5 nitrogen and oxygen atoms in total. The molecule has 0 amide bonds. The maximum Gasteiger partial charge on any atom is 0.320 e. The number of benzene rings is 1. The van der Waals surface area contributed by atoms with E-state index in [2.05, 4.69) is 58.5 Å². The predicted octanol–water partition coefficient (Wildman–Crippen LogP) is 4.32. The lowest BCUT2D eigenvalue weighted by Gasteiger charge is -2.33. The number of likely N-dealkylation sites (tertiary alicyclic amines) is 1. The van der Waals surface area contributed by atoms with Crippen molar-refractivity contribution in [2.24, 2.45) is 0 Å². The summed E-state index contributed by atoms with van der Waals surface area (Å²) in [5, 5.41) is 9.55. The smallest absolute Gasteiger partial charge is 0.320 e. The van der Waals surface area contributed by atoms with Crippen LogP contribution in [0.5, 0.6) is 5.75 Å². The average Bonchev–Trinajstić information content (AvgIpc) is 2.64. The largest absolute Gasteiger partial charge is 0.487 e. The van der Waals surface area contributed by atoms with Crippen molar-refractivity contribution in [1.82, 2.24) is 9.88 Å². The van der Waals surface area contributed by atoms with E-state index in [0.29, 0.717) is 19.6 Å². The van der Waals surface area contributed by atoms with Gasteiger partial charge in [-0.05, 0) is 85.2 Å². The van der Waals surface area contributed by atoms with Crippen molar-refractivity contribution in [2.75, 3.05) is 6.54 Å². The number of nitrogens with zero attached hydrogens (tertiary/aromatic N) is 2. The van der Waals surface area contributed by atoms with Gasteiger partial charge in [-0.15, -0.1) is 0 Å². The first-order valence-electron chi connectivity index (χ1n) is 9.24. The highest BCUT2D eigenvalue weighted by atomic mass is 127. The molecule has 27 heavy (non-hydrogen) atoms. The van der Waals surface area contributed by atoms with E-state index < -0.39 is 12.0 Å². The zero-order chi connectivity index (χ0) is 19.4. The van der Waals surface area contributed by atoms with E-state index in [9.17, 15) is 9.90 Å². The van der Waals surface area contributed by atoms with E-state index in [1.807, 2.05) is 12.1 Å². The van der Waals surface area contributed by atoms with Gasteiger partial charge in [-0.2, -0.15) is 0 Å². The van der Waals surface area contributed by atoms with Crippen LogP contribution in [0.4, 0.5) is 0 Å². The van der Waals surface area contributed by atoms with Crippen molar-refractivity contribution >= 4 is 28.6 Å². The molecule has 1 aromatic carbocycles. The number of hydrogen-bond donors (Lipinski definition) is 1. The summed E-state index contributed by atoms with van der Waals surface area (Å²) >= 11 is 2.26. The molecule has 1 N–H and O–H groups in total. The van der Waals surface area contributed by atoms with Gasteiger partial charge in [-0.25, -0.2) is 0 Å². The van der Waals surface area contributed by atoms with Crippen molar-refractivity contribution in [3.05, 3.63) is 56.4 Å². The van der Waals surface area contributed by atoms with Crippen LogP contribution in [0.3, 0.4) is 0 Å². The number of pyridine rings is 1. The van der Waals surface area contributed by atoms with E-state index in [4.69, 9.17) is 4.74 Å². The van der Waals surface area contributed by atoms with Crippen LogP contribution in [0.25, 0.3) is 0 Å². The average molecular weight is 480 g/mol. The van der Waals surface area contributed by atoms with Crippen LogP contribution in [0.2, 0.25) is 0 Å². The highest BCUT2D eigenvalue weighted by Crippen LogP contribution is 2.28. The number of aliphatic carboxylic acids is 1. The summed E-state index contributed by atoms with van der Waals surface area (Å²) in [4.78, 5) is 18.0. The molecule has 1 aromatic heterocycles. The lowest BCUT2D eigenvalue weighted by molar-refractivity contribution is -0.144. The van der Waals surface area contributed by atoms with Gasteiger partial charge in [-0.1, -0.05) is 12.5 Å². The number of carbonyl (C=O) groups is 1. The minimum absolute atomic E-state index is 0.398. The summed E-state index contributed by atoms with van der Waals surface area (Å²) in [6, 6.07) is 7.73. The van der Waals surface area contributed by atoms with Gasteiger partial charge in [0, 0.05) is 21.9 Å². The Hall–Kier alpha value is -1.67. The topological polar surface area (TPSA) is 62.7 Å². The SMILES string of the molecule is Cc1cc(CN2CCCC[C@H]2C(=O)O)c(OCc2cc(I)ccn2)cc1C. The Morgan fingerprint density at radius 3 is 2.81 bits per heavy atom. The lowest BCUT2D eigenvalue weighted by atomic mass is 9.99. The van der Waals surface area contributed by atoms with Gasteiger partial charge in [0.1, 0.15) is 18.4 Å². The second-order valence-electron chi connectivity index (χ2n) is 7.12. The van der Waals surface area contributed by atoms with Crippen LogP contribution >= 0.6 is 22.6 Å². The molecule has 0 bridgehead atoms. The summed E-state index contributed by atoms with van der Waals surface area (Å²) in [7, 11) is 0. The summed E-state index contributed by atoms with van der Waals surface area (Å²) < 4.78 is 7.24. The van der Waals surface area contributed by atoms with Crippen LogP contribution in [0.1, 0.15) is 41.6 Å². The third-order valence-electron chi connectivity index (χ3n) is 5.10. The summed E-state index contributed by atoms with van der Waals surface area (Å²) in [5.74, 6) is 0.0811. The lowest BCUT2D eigenvalue weighted by Crippen LogP contribution is -2.44. The Morgan fingerprint density at radius 1 is 1.30 bits per heavy atom. The second kappa shape index (κ2) is 9.01. The maximum absolute atomic E-state index is 11.6. The fourth-order valence-electron chi connectivity index (χ4n) is 3.47. The van der Waals surface area contributed by atoms with Gasteiger partial charge in [0.15, 0.2) is 0 Å². The van der Waals surface area contributed by atoms with Gasteiger partial charge in [-0.3, -0.25) is 14.7 Å². The molecule has 1 fully saturated rings. The molecule has 0 saturated carbocycles. The quantitative estimate of drug-likeness (QED) is 0.625. The standard InChI is InChI=1S/C21H25IN2O3/c1-14-9-16(12-24-8-4-3-5-19(24)21(25)26)20(10-15(14)2)27-13-18-11-17(22)6-7-23-18/h6-7,9-11,19H,3-5,8,12-13H2,1-2H3,(H,25,26)/t19-/m0/s1. The van der Waals surface area contributed by atoms with Gasteiger partial charge in [0.2, 0.25) is 0 Å². The van der Waals surface area contributed by atoms with Gasteiger partial charge < -0.3 is 9.84 Å². The number of aromatic nitrogens is 1. The van der Waals surface area contributed by atoms with E-state index in [-0.39, 0.29) is 0 Å². The molecule has 0 spiro atoms. The number of halogens is 1. The van der Waals surface area contributed by atoms with Crippen LogP contribution in [-0.4, -0.2) is 33.5 Å². The van der Waals surface area contributed by atoms with Crippen LogP contribution in [-0.2, 0) is 17.9 Å². The molecule has 0 aliphatic carbocycles. The molecule has 0 unspecified atom stereocenters. The third kappa shape index (κ3) is 5.19. The molecule has 2 aromatic rings. The van der Waals surface area contributed by atoms with E-state index in [1.54, 1.807) is 6.20 Å². The van der Waals surface area contributed by atoms with Crippen LogP contribution < -0.4 is 4.74 Å². The summed E-state index contributed by atoms with van der Waals surface area (Å²) in [5.41, 5.74) is 4.27. The first-order chi connectivity index (χ1) is 12.9. The molecule has 6 heteroatoms. The molecule has 1 aliphatic rings. The zero-order valence-corrected chi connectivity index (χ0v) is 17.9. The van der Waals surface area contributed by atoms with Gasteiger partial charge in [0.25, 0.3) is 0 Å². The van der Waals surface area contributed by atoms with E-state index in [1.165, 1.54) is 5.56 Å². The number of aryl methyl sites for hydroxylation is 2. The molecular formula is C21H25IN2O3. The number of carboxylic acids is 1. The van der Waals surface area contributed by atoms with Crippen LogP contribution in [0, 0.1) is 17.4 Å². The fraction of sp³-hybridized carbons (Fsp3) is 0.429. The van der Waals surface area contributed by atoms with Crippen molar-refractivity contribution < 1.29 is 14.6 Å². The number of piperidine rings is 1. The molecular weight excluding hydrogens is 455 g/mol. The number of rotatable bonds is 6. The fourth-order valence-corrected chi connectivity index (χ4v) is 3.99. The number of hydrogen-bond acceptors (Lipinski definition) is 4. The highest BCUT2D eigenvalue weighted by molar-refractivity contribution is 14.1. The Balaban J connectivity index is 1.81. The van der Waals surface area contributed by atoms with Gasteiger partial charge in [0.05, 0.1) is 5.69 Å². The molecule has 1 aliphatic heterocycles. The second-order valence-corrected chi connectivity index (χ2v) is 8.36. The molecule has 3 rings (SSSR count). The first-order valence-corrected chi connectivity index (χ1v) is 10.3. The van der Waals surface area contributed by atoms with Crippen molar-refractivity contribution in [2.45, 2.75) is 52.3 Å². The molecule has 1 saturated heterocycles. The molecule has 144 valence electrons. The van der Waals surface area contributed by atoms with E-state index in [0.717, 1.165) is 45.5 Å². The minimum Gasteiger partial charge on any atom is -0.487 e. The Bertz CT molecular complexity index is 825. The minimum atomic E-state index is -0.732. The summed E-state index contributed by atoms with van der Waals surface area (Å²) in [6.07, 6.45) is 4.51. The number of carboxylic acid groups (broad SMARTS) is 1. The zero-order valence-electron chi connectivity index (χ0n) is 15.7. The van der Waals surface area contributed by atoms with Crippen molar-refractivity contribution in [3.63, 3.8) is 0 Å². The number of ether oxygens (including phenoxy) is 1. The Morgan fingerprint density at radius 2 is 2.07 bits per heavy atom. The first kappa shape index (κ1) is 20.1. The Kier molecular flexibility index (Phi) is 6.70. The third-order valence-corrected chi connectivity index (χ3v) is 5.77. The monoisotopic (exact) mass is 480 g/mol. The predicted molar refractivity (Wildman–Crippen MR) is 113 cm³/mol. The van der Waals surface area contributed by atoms with Crippen LogP contribution in [0.15, 0.2) is 30.5 Å². The van der Waals surface area contributed by atoms with Gasteiger partial charge >= 0.3 is 5.97 Å². The molecule has 0 radical (unpaired) electrons.